The van der Waals surface area contributed by atoms with Crippen LogP contribution >= 0.6 is 0 Å². The zero-order chi connectivity index (χ0) is 21.8. The molecule has 2 aromatic heterocycles. The van der Waals surface area contributed by atoms with Gasteiger partial charge in [-0.15, -0.1) is 0 Å². The molecule has 0 saturated heterocycles. The summed E-state index contributed by atoms with van der Waals surface area (Å²) in [5.41, 5.74) is 8.42. The van der Waals surface area contributed by atoms with Crippen molar-refractivity contribution in [3.63, 3.8) is 0 Å². The second-order valence-electron chi connectivity index (χ2n) is 6.76. The van der Waals surface area contributed by atoms with Gasteiger partial charge in [-0.05, 0) is 31.2 Å². The first-order chi connectivity index (χ1) is 15.0. The summed E-state index contributed by atoms with van der Waals surface area (Å²) >= 11 is 0. The van der Waals surface area contributed by atoms with Gasteiger partial charge in [-0.25, -0.2) is 9.97 Å². The summed E-state index contributed by atoms with van der Waals surface area (Å²) in [6.07, 6.45) is 4.57. The van der Waals surface area contributed by atoms with E-state index in [-0.39, 0.29) is 11.9 Å². The van der Waals surface area contributed by atoms with E-state index < -0.39 is 6.04 Å². The number of nitrogens with one attached hydrogen (secondary N) is 2. The van der Waals surface area contributed by atoms with Crippen LogP contribution in [-0.2, 0) is 4.79 Å². The number of oxazole rings is 2. The molecule has 9 nitrogen and oxygen atoms in total. The maximum absolute atomic E-state index is 12.0. The fourth-order valence-corrected chi connectivity index (χ4v) is 2.95. The van der Waals surface area contributed by atoms with Crippen molar-refractivity contribution in [2.45, 2.75) is 13.0 Å². The summed E-state index contributed by atoms with van der Waals surface area (Å²) in [4.78, 5) is 20.2. The second-order valence-corrected chi connectivity index (χ2v) is 6.76. The molecule has 1 amide bonds. The van der Waals surface area contributed by atoms with E-state index in [1.807, 2.05) is 30.3 Å². The SMILES string of the molecule is COc1cc(Nc2ncc(-c3ccccc3NC(=O)C(C)N)o2)ccc1-c1cnco1. The Labute approximate surface area is 178 Å². The molecule has 1 atom stereocenters. The molecule has 0 bridgehead atoms. The summed E-state index contributed by atoms with van der Waals surface area (Å²) in [6.45, 7) is 1.62. The predicted octanol–water partition coefficient (Wildman–Crippen LogP) is 4.03. The molecule has 9 heteroatoms. The maximum atomic E-state index is 12.0. The van der Waals surface area contributed by atoms with Crippen molar-refractivity contribution in [1.29, 1.82) is 0 Å². The van der Waals surface area contributed by atoms with Crippen LogP contribution in [0, 0.1) is 0 Å². The lowest BCUT2D eigenvalue weighted by atomic mass is 10.1. The highest BCUT2D eigenvalue weighted by Gasteiger charge is 2.15. The number of methoxy groups -OCH3 is 1. The summed E-state index contributed by atoms with van der Waals surface area (Å²) in [5.74, 6) is 1.42. The zero-order valence-electron chi connectivity index (χ0n) is 17.0. The van der Waals surface area contributed by atoms with Crippen LogP contribution in [-0.4, -0.2) is 29.0 Å². The molecule has 158 valence electrons. The standard InChI is InChI=1S/C22H21N5O4/c1-13(23)21(28)27-17-6-4-3-5-15(17)20-11-25-22(31-20)26-14-7-8-16(18(9-14)29-2)19-10-24-12-30-19/h3-13H,23H2,1-2H3,(H,25,26)(H,27,28). The molecule has 4 aromatic rings. The van der Waals surface area contributed by atoms with Gasteiger partial charge in [-0.1, -0.05) is 12.1 Å². The average Bonchev–Trinajstić information content (AvgIpc) is 3.46. The summed E-state index contributed by atoms with van der Waals surface area (Å²) < 4.78 is 16.7. The van der Waals surface area contributed by atoms with Crippen molar-refractivity contribution >= 4 is 23.3 Å². The number of rotatable bonds is 7. The second kappa shape index (κ2) is 8.72. The summed E-state index contributed by atoms with van der Waals surface area (Å²) in [7, 11) is 1.58. The topological polar surface area (TPSA) is 128 Å². The monoisotopic (exact) mass is 419 g/mol. The number of nitrogens with two attached hydrogens (primary N) is 1. The van der Waals surface area contributed by atoms with E-state index in [9.17, 15) is 4.79 Å². The van der Waals surface area contributed by atoms with Crippen molar-refractivity contribution < 1.29 is 18.4 Å². The van der Waals surface area contributed by atoms with Crippen molar-refractivity contribution in [2.24, 2.45) is 5.73 Å². The molecule has 0 saturated carbocycles. The Hall–Kier alpha value is -4.11. The van der Waals surface area contributed by atoms with Crippen LogP contribution in [0.2, 0.25) is 0 Å². The molecule has 2 aromatic carbocycles. The van der Waals surface area contributed by atoms with E-state index in [1.54, 1.807) is 38.6 Å². The van der Waals surface area contributed by atoms with Gasteiger partial charge in [0.05, 0.1) is 36.8 Å². The minimum absolute atomic E-state index is 0.288. The molecule has 31 heavy (non-hydrogen) atoms. The van der Waals surface area contributed by atoms with E-state index in [1.165, 1.54) is 6.39 Å². The number of hydrogen-bond acceptors (Lipinski definition) is 8. The highest BCUT2D eigenvalue weighted by atomic mass is 16.5. The van der Waals surface area contributed by atoms with Crippen LogP contribution in [0.4, 0.5) is 17.4 Å². The highest BCUT2D eigenvalue weighted by molar-refractivity contribution is 5.97. The summed E-state index contributed by atoms with van der Waals surface area (Å²) in [6, 6.07) is 12.4. The van der Waals surface area contributed by atoms with Crippen molar-refractivity contribution in [2.75, 3.05) is 17.7 Å². The smallest absolute Gasteiger partial charge is 0.299 e. The van der Waals surface area contributed by atoms with E-state index >= 15 is 0 Å². The van der Waals surface area contributed by atoms with Gasteiger partial charge in [0.2, 0.25) is 5.91 Å². The lowest BCUT2D eigenvalue weighted by Gasteiger charge is -2.11. The van der Waals surface area contributed by atoms with Crippen molar-refractivity contribution in [1.82, 2.24) is 9.97 Å². The first-order valence-electron chi connectivity index (χ1n) is 9.50. The molecule has 0 radical (unpaired) electrons. The van der Waals surface area contributed by atoms with Crippen LogP contribution in [0.15, 0.2) is 70.1 Å². The van der Waals surface area contributed by atoms with Crippen LogP contribution in [0.25, 0.3) is 22.6 Å². The molecule has 0 fully saturated rings. The lowest BCUT2D eigenvalue weighted by Crippen LogP contribution is -2.32. The average molecular weight is 419 g/mol. The van der Waals surface area contributed by atoms with E-state index in [2.05, 4.69) is 20.6 Å². The fourth-order valence-electron chi connectivity index (χ4n) is 2.95. The van der Waals surface area contributed by atoms with Gasteiger partial charge in [0.15, 0.2) is 17.9 Å². The van der Waals surface area contributed by atoms with Gasteiger partial charge in [-0.3, -0.25) is 4.79 Å². The maximum Gasteiger partial charge on any atom is 0.299 e. The molecule has 4 N–H and O–H groups in total. The van der Waals surface area contributed by atoms with E-state index in [0.717, 1.165) is 5.56 Å². The molecule has 0 aliphatic carbocycles. The minimum Gasteiger partial charge on any atom is -0.496 e. The largest absolute Gasteiger partial charge is 0.496 e. The molecule has 2 heterocycles. The van der Waals surface area contributed by atoms with Crippen molar-refractivity contribution in [3.05, 3.63) is 61.3 Å². The lowest BCUT2D eigenvalue weighted by molar-refractivity contribution is -0.117. The number of aromatic nitrogens is 2. The normalized spacial score (nSPS) is 11.7. The molecule has 0 spiro atoms. The third-order valence-electron chi connectivity index (χ3n) is 4.52. The Morgan fingerprint density at radius 3 is 2.71 bits per heavy atom. The highest BCUT2D eigenvalue weighted by Crippen LogP contribution is 2.34. The van der Waals surface area contributed by atoms with Gasteiger partial charge in [0.1, 0.15) is 5.75 Å². The minimum atomic E-state index is -0.630. The first-order valence-corrected chi connectivity index (χ1v) is 9.50. The van der Waals surface area contributed by atoms with E-state index in [0.29, 0.717) is 34.2 Å². The van der Waals surface area contributed by atoms with Gasteiger partial charge in [-0.2, -0.15) is 0 Å². The van der Waals surface area contributed by atoms with Crippen LogP contribution < -0.4 is 21.1 Å². The Balaban J connectivity index is 1.56. The van der Waals surface area contributed by atoms with Crippen molar-refractivity contribution in [3.8, 4) is 28.4 Å². The molecular weight excluding hydrogens is 398 g/mol. The number of benzene rings is 2. The third-order valence-corrected chi connectivity index (χ3v) is 4.52. The van der Waals surface area contributed by atoms with E-state index in [4.69, 9.17) is 19.3 Å². The quantitative estimate of drug-likeness (QED) is 0.409. The number of carbonyl (C=O) groups excluding carboxylic acids is 1. The number of nitrogens with zero attached hydrogens (tertiary/aromatic N) is 2. The Kier molecular flexibility index (Phi) is 5.67. The van der Waals surface area contributed by atoms with Gasteiger partial charge >= 0.3 is 0 Å². The molecule has 4 rings (SSSR count). The molecule has 0 aliphatic rings. The number of hydrogen-bond donors (Lipinski definition) is 3. The Morgan fingerprint density at radius 1 is 1.13 bits per heavy atom. The van der Waals surface area contributed by atoms with Crippen LogP contribution in [0.5, 0.6) is 5.75 Å². The predicted molar refractivity (Wildman–Crippen MR) is 116 cm³/mol. The Morgan fingerprint density at radius 2 is 1.97 bits per heavy atom. The number of carbonyl (C=O) groups is 1. The fraction of sp³-hybridized carbons (Fsp3) is 0.136. The Bertz CT molecular complexity index is 1180. The number of ether oxygens (including phenoxy) is 1. The zero-order valence-corrected chi connectivity index (χ0v) is 17.0. The van der Waals surface area contributed by atoms with Gasteiger partial charge in [0.25, 0.3) is 6.01 Å². The summed E-state index contributed by atoms with van der Waals surface area (Å²) in [5, 5.41) is 5.91. The number of anilines is 3. The third kappa shape index (κ3) is 4.41. The van der Waals surface area contributed by atoms with Gasteiger partial charge < -0.3 is 29.9 Å². The molecule has 0 aliphatic heterocycles. The van der Waals surface area contributed by atoms with Crippen LogP contribution in [0.3, 0.4) is 0 Å². The molecular formula is C22H21N5O4. The molecule has 1 unspecified atom stereocenters. The van der Waals surface area contributed by atoms with Gasteiger partial charge in [0, 0.05) is 17.3 Å². The number of para-hydroxylation sites is 1. The van der Waals surface area contributed by atoms with Crippen LogP contribution in [0.1, 0.15) is 6.92 Å². The first kappa shape index (κ1) is 20.2. The number of amides is 1.